The molecule has 0 aliphatic heterocycles. The second kappa shape index (κ2) is 5.58. The van der Waals surface area contributed by atoms with Crippen molar-refractivity contribution in [3.8, 4) is 11.3 Å². The highest BCUT2D eigenvalue weighted by Crippen LogP contribution is 2.34. The lowest BCUT2D eigenvalue weighted by atomic mass is 10.2. The Hall–Kier alpha value is -0.960. The number of benzene rings is 1. The van der Waals surface area contributed by atoms with Crippen molar-refractivity contribution >= 4 is 23.2 Å². The van der Waals surface area contributed by atoms with Crippen LogP contribution in [0.3, 0.4) is 0 Å². The van der Waals surface area contributed by atoms with Gasteiger partial charge in [-0.15, -0.1) is 0 Å². The Kier molecular flexibility index (Phi) is 4.11. The summed E-state index contributed by atoms with van der Waals surface area (Å²) in [5.74, 6) is 1.63. The summed E-state index contributed by atoms with van der Waals surface area (Å²) >= 11 is 12.1. The van der Waals surface area contributed by atoms with Crippen LogP contribution in [0.1, 0.15) is 12.7 Å². The largest absolute Gasteiger partial charge is 0.460 e. The average molecular weight is 270 g/mol. The zero-order chi connectivity index (χ0) is 12.3. The zero-order valence-corrected chi connectivity index (χ0v) is 11.0. The molecule has 17 heavy (non-hydrogen) atoms. The fourth-order valence-corrected chi connectivity index (χ4v) is 1.95. The van der Waals surface area contributed by atoms with E-state index in [2.05, 4.69) is 12.2 Å². The highest BCUT2D eigenvalue weighted by atomic mass is 35.5. The molecular weight excluding hydrogens is 257 g/mol. The standard InChI is InChI=1S/C13H13Cl2NO/c1-2-16-8-9-6-7-12(17-9)10-4-3-5-11(14)13(10)15/h3-7,16H,2,8H2,1H3. The lowest BCUT2D eigenvalue weighted by molar-refractivity contribution is 0.498. The summed E-state index contributed by atoms with van der Waals surface area (Å²) < 4.78 is 5.70. The molecule has 0 atom stereocenters. The van der Waals surface area contributed by atoms with Gasteiger partial charge in [0.1, 0.15) is 11.5 Å². The molecule has 0 saturated heterocycles. The Morgan fingerprint density at radius 3 is 2.76 bits per heavy atom. The Morgan fingerprint density at radius 2 is 2.00 bits per heavy atom. The molecule has 4 heteroatoms. The Morgan fingerprint density at radius 1 is 1.18 bits per heavy atom. The van der Waals surface area contributed by atoms with Crippen LogP contribution >= 0.6 is 23.2 Å². The molecule has 2 nitrogen and oxygen atoms in total. The van der Waals surface area contributed by atoms with Crippen LogP contribution in [0.5, 0.6) is 0 Å². The first kappa shape index (κ1) is 12.5. The van der Waals surface area contributed by atoms with Crippen LogP contribution in [0.15, 0.2) is 34.7 Å². The summed E-state index contributed by atoms with van der Waals surface area (Å²) in [5.41, 5.74) is 0.821. The van der Waals surface area contributed by atoms with Crippen molar-refractivity contribution in [1.82, 2.24) is 5.32 Å². The number of halogens is 2. The maximum atomic E-state index is 6.13. The Labute approximate surface area is 111 Å². The average Bonchev–Trinajstić information content (AvgIpc) is 2.78. The number of hydrogen-bond donors (Lipinski definition) is 1. The normalized spacial score (nSPS) is 10.8. The summed E-state index contributed by atoms with van der Waals surface area (Å²) in [7, 11) is 0. The highest BCUT2D eigenvalue weighted by Gasteiger charge is 2.10. The smallest absolute Gasteiger partial charge is 0.135 e. The van der Waals surface area contributed by atoms with Crippen LogP contribution in [0, 0.1) is 0 Å². The van der Waals surface area contributed by atoms with Gasteiger partial charge in [-0.1, -0.05) is 36.2 Å². The minimum absolute atomic E-state index is 0.526. The molecular formula is C13H13Cl2NO. The van der Waals surface area contributed by atoms with E-state index in [1.807, 2.05) is 24.3 Å². The van der Waals surface area contributed by atoms with E-state index in [-0.39, 0.29) is 0 Å². The molecule has 0 amide bonds. The molecule has 1 aromatic heterocycles. The van der Waals surface area contributed by atoms with Crippen molar-refractivity contribution in [1.29, 1.82) is 0 Å². The second-order valence-electron chi connectivity index (χ2n) is 3.65. The van der Waals surface area contributed by atoms with Gasteiger partial charge in [0.15, 0.2) is 0 Å². The van der Waals surface area contributed by atoms with E-state index in [4.69, 9.17) is 27.6 Å². The highest BCUT2D eigenvalue weighted by molar-refractivity contribution is 6.43. The van der Waals surface area contributed by atoms with Gasteiger partial charge < -0.3 is 9.73 Å². The van der Waals surface area contributed by atoms with Crippen LogP contribution in [-0.2, 0) is 6.54 Å². The quantitative estimate of drug-likeness (QED) is 0.892. The van der Waals surface area contributed by atoms with Crippen molar-refractivity contribution in [2.45, 2.75) is 13.5 Å². The molecule has 1 aromatic carbocycles. The van der Waals surface area contributed by atoms with Gasteiger partial charge in [0.25, 0.3) is 0 Å². The molecule has 0 saturated carbocycles. The number of nitrogens with one attached hydrogen (secondary N) is 1. The van der Waals surface area contributed by atoms with Gasteiger partial charge >= 0.3 is 0 Å². The molecule has 0 aliphatic carbocycles. The van der Waals surface area contributed by atoms with Crippen molar-refractivity contribution in [2.24, 2.45) is 0 Å². The maximum absolute atomic E-state index is 6.13. The van der Waals surface area contributed by atoms with Crippen molar-refractivity contribution in [3.05, 3.63) is 46.1 Å². The molecule has 2 rings (SSSR count). The summed E-state index contributed by atoms with van der Waals surface area (Å²) in [6.45, 7) is 3.68. The van der Waals surface area contributed by atoms with Gasteiger partial charge in [0.2, 0.25) is 0 Å². The van der Waals surface area contributed by atoms with E-state index in [0.717, 1.165) is 23.6 Å². The monoisotopic (exact) mass is 269 g/mol. The molecule has 0 fully saturated rings. The lowest BCUT2D eigenvalue weighted by Crippen LogP contribution is -2.10. The van der Waals surface area contributed by atoms with E-state index in [1.165, 1.54) is 0 Å². The number of furan rings is 1. The summed E-state index contributed by atoms with van der Waals surface area (Å²) in [6.07, 6.45) is 0. The third kappa shape index (κ3) is 2.83. The maximum Gasteiger partial charge on any atom is 0.135 e. The second-order valence-corrected chi connectivity index (χ2v) is 4.43. The van der Waals surface area contributed by atoms with Crippen LogP contribution in [-0.4, -0.2) is 6.54 Å². The van der Waals surface area contributed by atoms with Crippen molar-refractivity contribution in [3.63, 3.8) is 0 Å². The predicted molar refractivity (Wildman–Crippen MR) is 71.5 cm³/mol. The topological polar surface area (TPSA) is 25.2 Å². The van der Waals surface area contributed by atoms with E-state index in [0.29, 0.717) is 16.6 Å². The molecule has 2 aromatic rings. The molecule has 0 spiro atoms. The van der Waals surface area contributed by atoms with Gasteiger partial charge in [-0.3, -0.25) is 0 Å². The molecule has 0 radical (unpaired) electrons. The molecule has 0 unspecified atom stereocenters. The first-order chi connectivity index (χ1) is 8.22. The summed E-state index contributed by atoms with van der Waals surface area (Å²) in [5, 5.41) is 4.26. The van der Waals surface area contributed by atoms with Gasteiger partial charge in [-0.25, -0.2) is 0 Å². The SMILES string of the molecule is CCNCc1ccc(-c2cccc(Cl)c2Cl)o1. The fourth-order valence-electron chi connectivity index (χ4n) is 1.56. The fraction of sp³-hybridized carbons (Fsp3) is 0.231. The van der Waals surface area contributed by atoms with E-state index in [1.54, 1.807) is 6.07 Å². The Bertz CT molecular complexity index is 508. The summed E-state index contributed by atoms with van der Waals surface area (Å²) in [4.78, 5) is 0. The third-order valence-electron chi connectivity index (χ3n) is 2.43. The van der Waals surface area contributed by atoms with Crippen LogP contribution < -0.4 is 5.32 Å². The van der Waals surface area contributed by atoms with Crippen molar-refractivity contribution in [2.75, 3.05) is 6.54 Å². The molecule has 0 bridgehead atoms. The van der Waals surface area contributed by atoms with E-state index in [9.17, 15) is 0 Å². The zero-order valence-electron chi connectivity index (χ0n) is 9.47. The van der Waals surface area contributed by atoms with Crippen LogP contribution in [0.25, 0.3) is 11.3 Å². The van der Waals surface area contributed by atoms with Crippen LogP contribution in [0.4, 0.5) is 0 Å². The summed E-state index contributed by atoms with van der Waals surface area (Å²) in [6, 6.07) is 9.36. The first-order valence-corrected chi connectivity index (χ1v) is 6.21. The van der Waals surface area contributed by atoms with Crippen molar-refractivity contribution < 1.29 is 4.42 Å². The molecule has 90 valence electrons. The number of rotatable bonds is 4. The van der Waals surface area contributed by atoms with Gasteiger partial charge in [0.05, 0.1) is 16.6 Å². The molecule has 1 heterocycles. The van der Waals surface area contributed by atoms with E-state index >= 15 is 0 Å². The number of hydrogen-bond acceptors (Lipinski definition) is 2. The third-order valence-corrected chi connectivity index (χ3v) is 3.25. The Balaban J connectivity index is 2.27. The minimum atomic E-state index is 0.526. The predicted octanol–water partition coefficient (Wildman–Crippen LogP) is 4.36. The minimum Gasteiger partial charge on any atom is -0.460 e. The van der Waals surface area contributed by atoms with Gasteiger partial charge in [0, 0.05) is 5.56 Å². The van der Waals surface area contributed by atoms with Gasteiger partial charge in [-0.05, 0) is 30.8 Å². The van der Waals surface area contributed by atoms with Gasteiger partial charge in [-0.2, -0.15) is 0 Å². The first-order valence-electron chi connectivity index (χ1n) is 5.46. The van der Waals surface area contributed by atoms with E-state index < -0.39 is 0 Å². The molecule has 1 N–H and O–H groups in total. The lowest BCUT2D eigenvalue weighted by Gasteiger charge is -2.02. The molecule has 0 aliphatic rings. The van der Waals surface area contributed by atoms with Crippen LogP contribution in [0.2, 0.25) is 10.0 Å².